The molecular formula is C9H11NO. The molecule has 0 heterocycles. The van der Waals surface area contributed by atoms with Crippen LogP contribution in [-0.2, 0) is 4.79 Å². The van der Waals surface area contributed by atoms with E-state index in [2.05, 4.69) is 23.1 Å². The first kappa shape index (κ1) is 9.59. The maximum Gasteiger partial charge on any atom is 0.297 e. The molecule has 11 heavy (non-hydrogen) atoms. The molecule has 0 bridgehead atoms. The Kier molecular flexibility index (Phi) is 3.21. The second kappa shape index (κ2) is 3.68. The zero-order valence-electron chi connectivity index (χ0n) is 6.99. The molecule has 0 saturated heterocycles. The Hall–Kier alpha value is -1.41. The van der Waals surface area contributed by atoms with Crippen LogP contribution < -0.4 is 5.32 Å². The van der Waals surface area contributed by atoms with Crippen molar-refractivity contribution in [2.45, 2.75) is 26.3 Å². The average molecular weight is 149 g/mol. The number of terminal acetylenes is 1. The molecule has 0 saturated carbocycles. The summed E-state index contributed by atoms with van der Waals surface area (Å²) in [5, 5.41) is 2.56. The molecule has 0 spiro atoms. The third-order valence-electron chi connectivity index (χ3n) is 1.03. The van der Waals surface area contributed by atoms with Gasteiger partial charge in [-0.25, -0.2) is 0 Å². The number of hydrogen-bond acceptors (Lipinski definition) is 1. The van der Waals surface area contributed by atoms with Crippen LogP contribution in [-0.4, -0.2) is 11.4 Å². The van der Waals surface area contributed by atoms with Crippen molar-refractivity contribution in [2.75, 3.05) is 0 Å². The van der Waals surface area contributed by atoms with Gasteiger partial charge in [0.1, 0.15) is 0 Å². The Labute approximate surface area is 67.4 Å². The second-order valence-corrected chi connectivity index (χ2v) is 2.60. The highest BCUT2D eigenvalue weighted by molar-refractivity contribution is 5.94. The summed E-state index contributed by atoms with van der Waals surface area (Å²) in [4.78, 5) is 10.8. The van der Waals surface area contributed by atoms with Gasteiger partial charge < -0.3 is 5.32 Å². The molecule has 2 nitrogen and oxygen atoms in total. The molecule has 2 heteroatoms. The van der Waals surface area contributed by atoms with Crippen molar-refractivity contribution in [3.63, 3.8) is 0 Å². The van der Waals surface area contributed by atoms with Gasteiger partial charge in [0.25, 0.3) is 5.91 Å². The SMILES string of the molecule is C#CC(C)(C)NC(=O)C#CC. The number of hydrogen-bond donors (Lipinski definition) is 1. The fraction of sp³-hybridized carbons (Fsp3) is 0.444. The van der Waals surface area contributed by atoms with E-state index in [-0.39, 0.29) is 5.91 Å². The third-order valence-corrected chi connectivity index (χ3v) is 1.03. The van der Waals surface area contributed by atoms with Crippen LogP contribution >= 0.6 is 0 Å². The summed E-state index contributed by atoms with van der Waals surface area (Å²) in [6.45, 7) is 5.08. The lowest BCUT2D eigenvalue weighted by Crippen LogP contribution is -2.41. The maximum absolute atomic E-state index is 10.8. The van der Waals surface area contributed by atoms with Crippen LogP contribution in [0.25, 0.3) is 0 Å². The third kappa shape index (κ3) is 4.06. The standard InChI is InChI=1S/C9H11NO/c1-5-7-8(11)10-9(3,4)6-2/h2H,1,3-4H3,(H,10,11). The number of amides is 1. The summed E-state index contributed by atoms with van der Waals surface area (Å²) < 4.78 is 0. The quantitative estimate of drug-likeness (QED) is 0.542. The summed E-state index contributed by atoms with van der Waals surface area (Å²) in [5.74, 6) is 6.92. The first-order chi connectivity index (χ1) is 5.02. The van der Waals surface area contributed by atoms with Crippen LogP contribution in [0.15, 0.2) is 0 Å². The Bertz CT molecular complexity index is 247. The molecule has 0 aliphatic heterocycles. The molecule has 0 aromatic heterocycles. The van der Waals surface area contributed by atoms with Gasteiger partial charge in [0.05, 0.1) is 5.54 Å². The fourth-order valence-corrected chi connectivity index (χ4v) is 0.465. The van der Waals surface area contributed by atoms with Gasteiger partial charge in [0.2, 0.25) is 0 Å². The average Bonchev–Trinajstić information content (AvgIpc) is 1.87. The van der Waals surface area contributed by atoms with E-state index in [1.165, 1.54) is 0 Å². The van der Waals surface area contributed by atoms with Crippen molar-refractivity contribution in [1.29, 1.82) is 0 Å². The largest absolute Gasteiger partial charge is 0.329 e. The van der Waals surface area contributed by atoms with Gasteiger partial charge in [-0.2, -0.15) is 0 Å². The molecule has 0 aromatic rings. The minimum atomic E-state index is -0.610. The minimum absolute atomic E-state index is 0.338. The number of carbonyl (C=O) groups excluding carboxylic acids is 1. The maximum atomic E-state index is 10.8. The lowest BCUT2D eigenvalue weighted by Gasteiger charge is -2.16. The van der Waals surface area contributed by atoms with Gasteiger partial charge >= 0.3 is 0 Å². The van der Waals surface area contributed by atoms with Crippen molar-refractivity contribution in [1.82, 2.24) is 5.32 Å². The Balaban J connectivity index is 4.15. The van der Waals surface area contributed by atoms with E-state index in [0.29, 0.717) is 0 Å². The lowest BCUT2D eigenvalue weighted by atomic mass is 10.1. The van der Waals surface area contributed by atoms with E-state index < -0.39 is 5.54 Å². The van der Waals surface area contributed by atoms with Crippen LogP contribution in [0, 0.1) is 24.2 Å². The second-order valence-electron chi connectivity index (χ2n) is 2.60. The normalized spacial score (nSPS) is 8.91. The first-order valence-corrected chi connectivity index (χ1v) is 3.24. The molecule has 1 N–H and O–H groups in total. The van der Waals surface area contributed by atoms with Gasteiger partial charge in [-0.05, 0) is 26.7 Å². The molecule has 0 aromatic carbocycles. The van der Waals surface area contributed by atoms with Crippen molar-refractivity contribution < 1.29 is 4.79 Å². The summed E-state index contributed by atoms with van der Waals surface area (Å²) >= 11 is 0. The van der Waals surface area contributed by atoms with Crippen LogP contribution in [0.3, 0.4) is 0 Å². The van der Waals surface area contributed by atoms with Crippen LogP contribution in [0.5, 0.6) is 0 Å². The smallest absolute Gasteiger partial charge is 0.297 e. The number of rotatable bonds is 1. The van der Waals surface area contributed by atoms with Crippen molar-refractivity contribution in [3.8, 4) is 24.2 Å². The van der Waals surface area contributed by atoms with E-state index in [0.717, 1.165) is 0 Å². The Morgan fingerprint density at radius 1 is 1.55 bits per heavy atom. The molecule has 58 valence electrons. The van der Waals surface area contributed by atoms with Gasteiger partial charge in [0, 0.05) is 0 Å². The highest BCUT2D eigenvalue weighted by Crippen LogP contribution is 1.97. The molecule has 0 fully saturated rings. The van der Waals surface area contributed by atoms with E-state index in [1.54, 1.807) is 20.8 Å². The highest BCUT2D eigenvalue weighted by atomic mass is 16.1. The summed E-state index contributed by atoms with van der Waals surface area (Å²) in [7, 11) is 0. The van der Waals surface area contributed by atoms with E-state index >= 15 is 0 Å². The topological polar surface area (TPSA) is 29.1 Å². The minimum Gasteiger partial charge on any atom is -0.329 e. The van der Waals surface area contributed by atoms with Crippen molar-refractivity contribution >= 4 is 5.91 Å². The fourth-order valence-electron chi connectivity index (χ4n) is 0.465. The van der Waals surface area contributed by atoms with Gasteiger partial charge in [-0.1, -0.05) is 11.8 Å². The van der Waals surface area contributed by atoms with E-state index in [1.807, 2.05) is 0 Å². The monoisotopic (exact) mass is 149 g/mol. The lowest BCUT2D eigenvalue weighted by molar-refractivity contribution is -0.116. The zero-order valence-corrected chi connectivity index (χ0v) is 6.99. The molecule has 0 aliphatic rings. The van der Waals surface area contributed by atoms with E-state index in [4.69, 9.17) is 6.42 Å². The molecule has 1 amide bonds. The predicted octanol–water partition coefficient (Wildman–Crippen LogP) is 0.538. The molecule has 0 radical (unpaired) electrons. The Morgan fingerprint density at radius 3 is 2.45 bits per heavy atom. The summed E-state index contributed by atoms with van der Waals surface area (Å²) in [5.41, 5.74) is -0.610. The molecular weight excluding hydrogens is 138 g/mol. The first-order valence-electron chi connectivity index (χ1n) is 3.24. The molecule has 0 atom stereocenters. The summed E-state index contributed by atoms with van der Waals surface area (Å²) in [6.07, 6.45) is 5.14. The van der Waals surface area contributed by atoms with Crippen LogP contribution in [0.2, 0.25) is 0 Å². The molecule has 0 aliphatic carbocycles. The number of nitrogens with one attached hydrogen (secondary N) is 1. The van der Waals surface area contributed by atoms with Crippen LogP contribution in [0.1, 0.15) is 20.8 Å². The molecule has 0 unspecified atom stereocenters. The van der Waals surface area contributed by atoms with Gasteiger partial charge in [-0.3, -0.25) is 4.79 Å². The Morgan fingerprint density at radius 2 is 2.09 bits per heavy atom. The zero-order chi connectivity index (χ0) is 8.91. The highest BCUT2D eigenvalue weighted by Gasteiger charge is 2.14. The molecule has 0 rings (SSSR count). The predicted molar refractivity (Wildman–Crippen MR) is 44.5 cm³/mol. The summed E-state index contributed by atoms with van der Waals surface area (Å²) in [6, 6.07) is 0. The van der Waals surface area contributed by atoms with Crippen molar-refractivity contribution in [2.24, 2.45) is 0 Å². The van der Waals surface area contributed by atoms with Crippen molar-refractivity contribution in [3.05, 3.63) is 0 Å². The van der Waals surface area contributed by atoms with Gasteiger partial charge in [0.15, 0.2) is 0 Å². The van der Waals surface area contributed by atoms with E-state index in [9.17, 15) is 4.79 Å². The number of carbonyl (C=O) groups is 1. The van der Waals surface area contributed by atoms with Gasteiger partial charge in [-0.15, -0.1) is 6.42 Å². The van der Waals surface area contributed by atoms with Crippen LogP contribution in [0.4, 0.5) is 0 Å².